The van der Waals surface area contributed by atoms with E-state index in [9.17, 15) is 4.79 Å². The maximum Gasteiger partial charge on any atom is 0.318 e. The van der Waals surface area contributed by atoms with Gasteiger partial charge in [-0.2, -0.15) is 0 Å². The molecule has 0 N–H and O–H groups in total. The van der Waals surface area contributed by atoms with Crippen molar-refractivity contribution in [2.45, 2.75) is 19.3 Å². The van der Waals surface area contributed by atoms with E-state index in [-0.39, 0.29) is 5.97 Å². The van der Waals surface area contributed by atoms with Gasteiger partial charge in [-0.15, -0.1) is 0 Å². The molecule has 0 fully saturated rings. The van der Waals surface area contributed by atoms with E-state index in [2.05, 4.69) is 12.1 Å². The second-order valence-electron chi connectivity index (χ2n) is 6.92. The number of carbonyl (C=O) groups excluding carboxylic acids is 1. The highest BCUT2D eigenvalue weighted by Gasteiger charge is 2.44. The van der Waals surface area contributed by atoms with E-state index >= 15 is 0 Å². The lowest BCUT2D eigenvalue weighted by atomic mass is 9.71. The number of para-hydroxylation sites is 1. The number of hydrogen-bond donors (Lipinski definition) is 0. The van der Waals surface area contributed by atoms with Crippen molar-refractivity contribution in [1.29, 1.82) is 0 Å². The molecule has 4 rings (SSSR count). The molecule has 0 saturated carbocycles. The van der Waals surface area contributed by atoms with Gasteiger partial charge in [0.1, 0.15) is 5.75 Å². The van der Waals surface area contributed by atoms with E-state index in [1.807, 2.05) is 66.7 Å². The first-order valence-corrected chi connectivity index (χ1v) is 9.11. The molecule has 0 spiro atoms. The Bertz CT molecular complexity index is 918. The molecule has 0 bridgehead atoms. The molecule has 3 aromatic carbocycles. The second-order valence-corrected chi connectivity index (χ2v) is 7.36. The van der Waals surface area contributed by atoms with Crippen LogP contribution in [0.5, 0.6) is 5.75 Å². The van der Waals surface area contributed by atoms with Gasteiger partial charge in [-0.3, -0.25) is 4.79 Å². The lowest BCUT2D eigenvalue weighted by Crippen LogP contribution is -2.44. The maximum atomic E-state index is 13.1. The number of benzene rings is 3. The van der Waals surface area contributed by atoms with Crippen molar-refractivity contribution in [2.75, 3.05) is 0 Å². The van der Waals surface area contributed by atoms with Crippen molar-refractivity contribution in [3.8, 4) is 5.75 Å². The van der Waals surface area contributed by atoms with Gasteiger partial charge in [0.15, 0.2) is 0 Å². The molecule has 0 aliphatic carbocycles. The lowest BCUT2D eigenvalue weighted by Gasteiger charge is -2.36. The summed E-state index contributed by atoms with van der Waals surface area (Å²) < 4.78 is 5.75. The van der Waals surface area contributed by atoms with E-state index in [0.717, 1.165) is 16.7 Å². The summed E-state index contributed by atoms with van der Waals surface area (Å²) in [7, 11) is 0. The van der Waals surface area contributed by atoms with Crippen LogP contribution in [0.2, 0.25) is 5.02 Å². The molecule has 0 saturated heterocycles. The van der Waals surface area contributed by atoms with Crippen molar-refractivity contribution in [2.24, 2.45) is 5.41 Å². The van der Waals surface area contributed by atoms with Crippen molar-refractivity contribution >= 4 is 17.6 Å². The van der Waals surface area contributed by atoms with Crippen LogP contribution in [0.15, 0.2) is 78.9 Å². The quantitative estimate of drug-likeness (QED) is 0.466. The maximum absolute atomic E-state index is 13.1. The number of halogens is 1. The lowest BCUT2D eigenvalue weighted by molar-refractivity contribution is -0.147. The van der Waals surface area contributed by atoms with Gasteiger partial charge in [0.25, 0.3) is 0 Å². The normalized spacial score (nSPS) is 18.9. The molecule has 26 heavy (non-hydrogen) atoms. The molecule has 3 aromatic rings. The van der Waals surface area contributed by atoms with Gasteiger partial charge in [0.05, 0.1) is 5.41 Å². The van der Waals surface area contributed by atoms with Gasteiger partial charge in [-0.05, 0) is 54.2 Å². The molecular weight excluding hydrogens is 344 g/mol. The first-order chi connectivity index (χ1) is 12.6. The smallest absolute Gasteiger partial charge is 0.318 e. The van der Waals surface area contributed by atoms with Gasteiger partial charge >= 0.3 is 5.97 Å². The molecule has 130 valence electrons. The third-order valence-electron chi connectivity index (χ3n) is 4.98. The SMILES string of the molecule is O=C1Oc2ccccc2C[C@]1(Cc1ccccc1)Cc1ccc(Cl)cc1. The van der Waals surface area contributed by atoms with Crippen molar-refractivity contribution < 1.29 is 9.53 Å². The van der Waals surface area contributed by atoms with Crippen LogP contribution in [0.1, 0.15) is 16.7 Å². The summed E-state index contributed by atoms with van der Waals surface area (Å²) >= 11 is 6.02. The Morgan fingerprint density at radius 3 is 2.15 bits per heavy atom. The summed E-state index contributed by atoms with van der Waals surface area (Å²) in [5.41, 5.74) is 2.68. The number of ether oxygens (including phenoxy) is 1. The summed E-state index contributed by atoms with van der Waals surface area (Å²) in [6.45, 7) is 0. The van der Waals surface area contributed by atoms with Crippen molar-refractivity contribution in [3.05, 3.63) is 101 Å². The number of rotatable bonds is 4. The summed E-state index contributed by atoms with van der Waals surface area (Å²) in [6, 6.07) is 25.7. The van der Waals surface area contributed by atoms with Crippen LogP contribution in [0, 0.1) is 5.41 Å². The average molecular weight is 363 g/mol. The predicted molar refractivity (Wildman–Crippen MR) is 104 cm³/mol. The van der Waals surface area contributed by atoms with Gasteiger partial charge in [0.2, 0.25) is 0 Å². The van der Waals surface area contributed by atoms with Crippen LogP contribution >= 0.6 is 11.6 Å². The molecule has 1 atom stereocenters. The Labute approximate surface area is 158 Å². The van der Waals surface area contributed by atoms with Gasteiger partial charge in [0, 0.05) is 5.02 Å². The summed E-state index contributed by atoms with van der Waals surface area (Å²) in [5.74, 6) is 0.521. The molecule has 1 heterocycles. The van der Waals surface area contributed by atoms with E-state index in [4.69, 9.17) is 16.3 Å². The van der Waals surface area contributed by atoms with E-state index in [0.29, 0.717) is 30.0 Å². The Kier molecular flexibility index (Phi) is 4.52. The molecule has 3 heteroatoms. The second kappa shape index (κ2) is 6.97. The molecule has 1 aliphatic heterocycles. The van der Waals surface area contributed by atoms with Crippen LogP contribution in [-0.2, 0) is 24.1 Å². The third kappa shape index (κ3) is 3.38. The fourth-order valence-corrected chi connectivity index (χ4v) is 3.83. The van der Waals surface area contributed by atoms with Gasteiger partial charge < -0.3 is 4.74 Å². The molecule has 0 aromatic heterocycles. The Morgan fingerprint density at radius 1 is 0.808 bits per heavy atom. The van der Waals surface area contributed by atoms with Crippen molar-refractivity contribution in [3.63, 3.8) is 0 Å². The predicted octanol–water partition coefficient (Wildman–Crippen LogP) is 5.27. The zero-order chi connectivity index (χ0) is 18.0. The number of carbonyl (C=O) groups is 1. The zero-order valence-corrected chi connectivity index (χ0v) is 15.1. The Morgan fingerprint density at radius 2 is 1.42 bits per heavy atom. The zero-order valence-electron chi connectivity index (χ0n) is 14.3. The number of hydrogen-bond acceptors (Lipinski definition) is 2. The van der Waals surface area contributed by atoms with Crippen LogP contribution in [0.3, 0.4) is 0 Å². The molecule has 2 nitrogen and oxygen atoms in total. The first kappa shape index (κ1) is 16.9. The molecule has 1 aliphatic rings. The molecule has 0 amide bonds. The number of fused-ring (bicyclic) bond motifs is 1. The highest BCUT2D eigenvalue weighted by atomic mass is 35.5. The van der Waals surface area contributed by atoms with E-state index < -0.39 is 5.41 Å². The summed E-state index contributed by atoms with van der Waals surface area (Å²) in [5, 5.41) is 0.697. The topological polar surface area (TPSA) is 26.3 Å². The van der Waals surface area contributed by atoms with E-state index in [1.165, 1.54) is 0 Å². The monoisotopic (exact) mass is 362 g/mol. The third-order valence-corrected chi connectivity index (χ3v) is 5.23. The number of esters is 1. The fraction of sp³-hybridized carbons (Fsp3) is 0.174. The highest BCUT2D eigenvalue weighted by Crippen LogP contribution is 2.40. The first-order valence-electron chi connectivity index (χ1n) is 8.73. The van der Waals surface area contributed by atoms with Gasteiger partial charge in [-0.25, -0.2) is 0 Å². The Hall–Kier alpha value is -2.58. The average Bonchev–Trinajstić information content (AvgIpc) is 2.65. The van der Waals surface area contributed by atoms with Crippen LogP contribution in [0.4, 0.5) is 0 Å². The summed E-state index contributed by atoms with van der Waals surface area (Å²) in [4.78, 5) is 13.1. The van der Waals surface area contributed by atoms with Crippen LogP contribution in [-0.4, -0.2) is 5.97 Å². The van der Waals surface area contributed by atoms with Crippen LogP contribution in [0.25, 0.3) is 0 Å². The Balaban J connectivity index is 1.74. The van der Waals surface area contributed by atoms with Gasteiger partial charge in [-0.1, -0.05) is 72.3 Å². The molecule has 0 unspecified atom stereocenters. The highest BCUT2D eigenvalue weighted by molar-refractivity contribution is 6.30. The van der Waals surface area contributed by atoms with Crippen LogP contribution < -0.4 is 4.74 Å². The van der Waals surface area contributed by atoms with Crippen molar-refractivity contribution in [1.82, 2.24) is 0 Å². The minimum Gasteiger partial charge on any atom is -0.426 e. The van der Waals surface area contributed by atoms with E-state index in [1.54, 1.807) is 0 Å². The standard InChI is InChI=1S/C23H19ClO2/c24-20-12-10-18(11-13-20)15-23(14-17-6-2-1-3-7-17)16-19-8-4-5-9-21(19)26-22(23)25/h1-13H,14-16H2/t23-/m0/s1. The fourth-order valence-electron chi connectivity index (χ4n) is 3.71. The summed E-state index contributed by atoms with van der Waals surface area (Å²) in [6.07, 6.45) is 1.93. The minimum absolute atomic E-state index is 0.157. The minimum atomic E-state index is -0.621. The molecule has 0 radical (unpaired) electrons. The molecular formula is C23H19ClO2. The largest absolute Gasteiger partial charge is 0.426 e.